The zero-order valence-corrected chi connectivity index (χ0v) is 29.5. The third-order valence-electron chi connectivity index (χ3n) is 9.31. The Morgan fingerprint density at radius 3 is 1.90 bits per heavy atom. The fourth-order valence-corrected chi connectivity index (χ4v) is 6.95. The van der Waals surface area contributed by atoms with Gasteiger partial charge in [0.05, 0.1) is 53.6 Å². The molecule has 6 rings (SSSR count). The van der Waals surface area contributed by atoms with Crippen LogP contribution in [0.4, 0.5) is 0 Å². The molecule has 1 saturated carbocycles. The van der Waals surface area contributed by atoms with E-state index in [1.54, 1.807) is 26.6 Å². The van der Waals surface area contributed by atoms with Crippen LogP contribution in [0.2, 0.25) is 10.0 Å². The Balaban J connectivity index is 1.19. The van der Waals surface area contributed by atoms with E-state index in [-0.39, 0.29) is 17.9 Å². The summed E-state index contributed by atoms with van der Waals surface area (Å²) in [7, 11) is 3.13. The van der Waals surface area contributed by atoms with Crippen LogP contribution in [0.25, 0.3) is 33.6 Å². The standard InChI is InChI=1S/C36H41Cl2N7O4/c1-36(2,47)20-13-22(14-20)40-19-30-35(49-4)45-28(18-42-30)26-10-6-8-24(33(26)38)23-7-5-9-25(32(23)37)27-17-41-29(34(44-27)48-3)16-39-15-21-11-12-31(46)43-21/h5-10,17-18,20-22,39-40,47H,11-16,19H2,1-4H3,(H,43,46)/t20-,21-,22-/m0/s1. The number of hydrogen-bond acceptors (Lipinski definition) is 10. The number of benzene rings is 2. The summed E-state index contributed by atoms with van der Waals surface area (Å²) in [5.74, 6) is 1.17. The van der Waals surface area contributed by atoms with Crippen molar-refractivity contribution in [3.63, 3.8) is 0 Å². The molecule has 1 amide bonds. The normalized spacial score (nSPS) is 19.0. The molecule has 49 heavy (non-hydrogen) atoms. The summed E-state index contributed by atoms with van der Waals surface area (Å²) in [5.41, 5.74) is 4.62. The molecule has 1 atom stereocenters. The highest BCUT2D eigenvalue weighted by molar-refractivity contribution is 6.39. The first-order valence-electron chi connectivity index (χ1n) is 16.4. The number of carbonyl (C=O) groups excluding carboxylic acids is 1. The Hall–Kier alpha value is -3.87. The molecule has 11 nitrogen and oxygen atoms in total. The van der Waals surface area contributed by atoms with Crippen LogP contribution in [-0.2, 0) is 17.9 Å². The molecule has 1 aliphatic carbocycles. The largest absolute Gasteiger partial charge is 0.480 e. The molecule has 0 radical (unpaired) electrons. The van der Waals surface area contributed by atoms with Gasteiger partial charge in [0.2, 0.25) is 17.7 Å². The van der Waals surface area contributed by atoms with E-state index in [0.717, 1.165) is 30.4 Å². The molecule has 2 aromatic carbocycles. The van der Waals surface area contributed by atoms with Crippen LogP contribution in [0, 0.1) is 5.92 Å². The number of aliphatic hydroxyl groups is 1. The van der Waals surface area contributed by atoms with Crippen molar-refractivity contribution in [2.24, 2.45) is 5.92 Å². The van der Waals surface area contributed by atoms with Gasteiger partial charge >= 0.3 is 0 Å². The molecule has 0 spiro atoms. The molecule has 1 saturated heterocycles. The molecule has 2 fully saturated rings. The molecular formula is C36H41Cl2N7O4. The third kappa shape index (κ3) is 7.81. The molecule has 13 heteroatoms. The van der Waals surface area contributed by atoms with Gasteiger partial charge in [-0.3, -0.25) is 14.8 Å². The summed E-state index contributed by atoms with van der Waals surface area (Å²) in [4.78, 5) is 30.3. The number of carbonyl (C=O) groups is 1. The Bertz CT molecular complexity index is 1830. The molecular weight excluding hydrogens is 665 g/mol. The summed E-state index contributed by atoms with van der Waals surface area (Å²) >= 11 is 14.1. The lowest BCUT2D eigenvalue weighted by molar-refractivity contribution is -0.119. The number of rotatable bonds is 13. The van der Waals surface area contributed by atoms with Crippen molar-refractivity contribution in [1.29, 1.82) is 0 Å². The SMILES string of the molecule is COc1nc(-c2cccc(-c3cccc(-c4cnc(CN[C@H]5C[C@H](C(C)(C)O)C5)c(OC)n4)c3Cl)c2Cl)cnc1CNC[C@@H]1CCC(=O)N1. The second-order valence-electron chi connectivity index (χ2n) is 13.1. The second-order valence-corrected chi connectivity index (χ2v) is 13.8. The number of halogens is 2. The minimum atomic E-state index is -0.667. The minimum absolute atomic E-state index is 0.0826. The molecule has 0 unspecified atom stereocenters. The molecule has 4 N–H and O–H groups in total. The predicted molar refractivity (Wildman–Crippen MR) is 190 cm³/mol. The maximum Gasteiger partial charge on any atom is 0.237 e. The lowest BCUT2D eigenvalue weighted by Gasteiger charge is -2.42. The summed E-state index contributed by atoms with van der Waals surface area (Å²) in [5, 5.41) is 21.0. The number of hydrogen-bond donors (Lipinski definition) is 4. The molecule has 0 bridgehead atoms. The van der Waals surface area contributed by atoms with Crippen LogP contribution in [-0.4, -0.2) is 69.4 Å². The zero-order valence-electron chi connectivity index (χ0n) is 28.0. The van der Waals surface area contributed by atoms with Gasteiger partial charge in [0, 0.05) is 60.4 Å². The van der Waals surface area contributed by atoms with Gasteiger partial charge in [-0.05, 0) is 39.0 Å². The average molecular weight is 707 g/mol. The van der Waals surface area contributed by atoms with E-state index in [1.165, 1.54) is 0 Å². The number of ether oxygens (including phenoxy) is 2. The molecule has 258 valence electrons. The highest BCUT2D eigenvalue weighted by Gasteiger charge is 2.38. The number of methoxy groups -OCH3 is 2. The smallest absolute Gasteiger partial charge is 0.237 e. The van der Waals surface area contributed by atoms with Crippen molar-refractivity contribution in [1.82, 2.24) is 35.9 Å². The Labute approximate surface area is 296 Å². The second kappa shape index (κ2) is 14.9. The predicted octanol–water partition coefficient (Wildman–Crippen LogP) is 5.60. The molecule has 2 aliphatic rings. The van der Waals surface area contributed by atoms with Gasteiger partial charge in [-0.25, -0.2) is 9.97 Å². The summed E-state index contributed by atoms with van der Waals surface area (Å²) in [6.45, 7) is 5.30. The van der Waals surface area contributed by atoms with Crippen molar-refractivity contribution in [2.75, 3.05) is 20.8 Å². The van der Waals surface area contributed by atoms with E-state index in [1.807, 2.05) is 50.2 Å². The van der Waals surface area contributed by atoms with E-state index < -0.39 is 5.60 Å². The lowest BCUT2D eigenvalue weighted by Crippen LogP contribution is -2.49. The maximum atomic E-state index is 11.5. The van der Waals surface area contributed by atoms with Gasteiger partial charge < -0.3 is 30.5 Å². The van der Waals surface area contributed by atoms with E-state index in [4.69, 9.17) is 42.6 Å². The van der Waals surface area contributed by atoms with Crippen molar-refractivity contribution in [3.05, 3.63) is 70.2 Å². The quantitative estimate of drug-likeness (QED) is 0.139. The van der Waals surface area contributed by atoms with Crippen LogP contribution < -0.4 is 25.4 Å². The van der Waals surface area contributed by atoms with Crippen LogP contribution >= 0.6 is 23.2 Å². The van der Waals surface area contributed by atoms with Gasteiger partial charge in [0.15, 0.2) is 0 Å². The van der Waals surface area contributed by atoms with Gasteiger partial charge in [0.1, 0.15) is 11.4 Å². The number of aromatic nitrogens is 4. The molecule has 1 aliphatic heterocycles. The lowest BCUT2D eigenvalue weighted by atomic mass is 9.71. The molecule has 3 heterocycles. The van der Waals surface area contributed by atoms with E-state index >= 15 is 0 Å². The van der Waals surface area contributed by atoms with Crippen LogP contribution in [0.15, 0.2) is 48.8 Å². The zero-order chi connectivity index (χ0) is 34.7. The number of amides is 1. The first kappa shape index (κ1) is 35.0. The fraction of sp³-hybridized carbons (Fsp3) is 0.417. The third-order valence-corrected chi connectivity index (χ3v) is 10.1. The summed E-state index contributed by atoms with van der Waals surface area (Å²) in [6.07, 6.45) is 6.57. The van der Waals surface area contributed by atoms with Crippen molar-refractivity contribution >= 4 is 29.1 Å². The van der Waals surface area contributed by atoms with Crippen molar-refractivity contribution in [3.8, 4) is 45.4 Å². The molecule has 4 aromatic rings. The monoisotopic (exact) mass is 705 g/mol. The van der Waals surface area contributed by atoms with Crippen LogP contribution in [0.3, 0.4) is 0 Å². The first-order valence-corrected chi connectivity index (χ1v) is 17.1. The first-order chi connectivity index (χ1) is 23.5. The Morgan fingerprint density at radius 1 is 0.878 bits per heavy atom. The van der Waals surface area contributed by atoms with Crippen LogP contribution in [0.1, 0.15) is 50.9 Å². The fourth-order valence-electron chi connectivity index (χ4n) is 6.30. The van der Waals surface area contributed by atoms with Gasteiger partial charge in [-0.1, -0.05) is 59.6 Å². The topological polar surface area (TPSA) is 143 Å². The van der Waals surface area contributed by atoms with Crippen LogP contribution in [0.5, 0.6) is 11.8 Å². The highest BCUT2D eigenvalue weighted by atomic mass is 35.5. The number of nitrogens with zero attached hydrogens (tertiary/aromatic N) is 4. The van der Waals surface area contributed by atoms with E-state index in [9.17, 15) is 9.90 Å². The maximum absolute atomic E-state index is 11.5. The Morgan fingerprint density at radius 2 is 1.41 bits per heavy atom. The highest BCUT2D eigenvalue weighted by Crippen LogP contribution is 2.42. The average Bonchev–Trinajstić information content (AvgIpc) is 3.48. The summed E-state index contributed by atoms with van der Waals surface area (Å²) in [6, 6.07) is 11.8. The van der Waals surface area contributed by atoms with Crippen molar-refractivity contribution in [2.45, 2.75) is 70.3 Å². The Kier molecular flexibility index (Phi) is 10.7. The number of nitrogens with one attached hydrogen (secondary N) is 3. The van der Waals surface area contributed by atoms with Crippen molar-refractivity contribution < 1.29 is 19.4 Å². The van der Waals surface area contributed by atoms with Gasteiger partial charge in [-0.15, -0.1) is 0 Å². The van der Waals surface area contributed by atoms with Gasteiger partial charge in [-0.2, -0.15) is 0 Å². The molecule has 2 aromatic heterocycles. The van der Waals surface area contributed by atoms with Gasteiger partial charge in [0.25, 0.3) is 0 Å². The van der Waals surface area contributed by atoms with E-state index in [2.05, 4.69) is 25.9 Å². The summed E-state index contributed by atoms with van der Waals surface area (Å²) < 4.78 is 11.2. The van der Waals surface area contributed by atoms with E-state index in [0.29, 0.717) is 87.8 Å². The minimum Gasteiger partial charge on any atom is -0.480 e.